The molecule has 13 heavy (non-hydrogen) atoms. The SMILES string of the molecule is C1CCC2(CC1)SCCSCCS2. The van der Waals surface area contributed by atoms with Crippen molar-refractivity contribution in [1.29, 1.82) is 0 Å². The van der Waals surface area contributed by atoms with Gasteiger partial charge in [0.05, 0.1) is 4.08 Å². The van der Waals surface area contributed by atoms with Crippen LogP contribution in [0.15, 0.2) is 0 Å². The lowest BCUT2D eigenvalue weighted by molar-refractivity contribution is 0.491. The minimum Gasteiger partial charge on any atom is -0.160 e. The second kappa shape index (κ2) is 5.22. The molecule has 2 aliphatic rings. The van der Waals surface area contributed by atoms with Crippen LogP contribution in [-0.2, 0) is 0 Å². The van der Waals surface area contributed by atoms with Gasteiger partial charge in [0.15, 0.2) is 0 Å². The van der Waals surface area contributed by atoms with Gasteiger partial charge in [-0.25, -0.2) is 0 Å². The molecule has 2 fully saturated rings. The van der Waals surface area contributed by atoms with Gasteiger partial charge in [0.1, 0.15) is 0 Å². The highest BCUT2D eigenvalue weighted by Gasteiger charge is 2.33. The van der Waals surface area contributed by atoms with Gasteiger partial charge in [-0.1, -0.05) is 19.3 Å². The van der Waals surface area contributed by atoms with Crippen molar-refractivity contribution in [3.8, 4) is 0 Å². The standard InChI is InChI=1S/C10H18S3/c1-2-4-10(5-3-1)12-8-6-11-7-9-13-10/h1-9H2. The van der Waals surface area contributed by atoms with Crippen molar-refractivity contribution < 1.29 is 0 Å². The molecule has 1 aliphatic carbocycles. The second-order valence-electron chi connectivity index (χ2n) is 3.78. The number of thioether (sulfide) groups is 3. The minimum atomic E-state index is 0.652. The third-order valence-corrected chi connectivity index (χ3v) is 7.70. The molecule has 0 unspecified atom stereocenters. The summed E-state index contributed by atoms with van der Waals surface area (Å²) in [6.45, 7) is 0. The number of hydrogen-bond donors (Lipinski definition) is 0. The second-order valence-corrected chi connectivity index (χ2v) is 8.22. The van der Waals surface area contributed by atoms with Crippen molar-refractivity contribution >= 4 is 35.3 Å². The lowest BCUT2D eigenvalue weighted by Crippen LogP contribution is -2.26. The van der Waals surface area contributed by atoms with Crippen LogP contribution in [0.3, 0.4) is 0 Å². The molecule has 1 spiro atoms. The van der Waals surface area contributed by atoms with Gasteiger partial charge < -0.3 is 0 Å². The molecule has 0 atom stereocenters. The fourth-order valence-corrected chi connectivity index (χ4v) is 6.64. The summed E-state index contributed by atoms with van der Waals surface area (Å²) in [5.74, 6) is 5.54. The van der Waals surface area contributed by atoms with E-state index in [0.717, 1.165) is 0 Å². The average Bonchev–Trinajstić information content (AvgIpc) is 2.14. The van der Waals surface area contributed by atoms with Crippen LogP contribution in [0.1, 0.15) is 32.1 Å². The van der Waals surface area contributed by atoms with Crippen molar-refractivity contribution in [1.82, 2.24) is 0 Å². The first-order valence-electron chi connectivity index (χ1n) is 5.27. The maximum absolute atomic E-state index is 2.26. The van der Waals surface area contributed by atoms with Crippen LogP contribution in [0.25, 0.3) is 0 Å². The van der Waals surface area contributed by atoms with E-state index in [1.54, 1.807) is 0 Å². The Hall–Kier alpha value is 1.05. The Kier molecular flexibility index (Phi) is 4.24. The van der Waals surface area contributed by atoms with Crippen molar-refractivity contribution in [2.24, 2.45) is 0 Å². The van der Waals surface area contributed by atoms with E-state index in [9.17, 15) is 0 Å². The first-order valence-corrected chi connectivity index (χ1v) is 8.40. The number of rotatable bonds is 0. The molecule has 0 N–H and O–H groups in total. The molecule has 1 saturated heterocycles. The van der Waals surface area contributed by atoms with E-state index in [1.165, 1.54) is 55.1 Å². The van der Waals surface area contributed by atoms with Crippen LogP contribution < -0.4 is 0 Å². The molecule has 76 valence electrons. The van der Waals surface area contributed by atoms with Crippen LogP contribution in [0.2, 0.25) is 0 Å². The Morgan fingerprint density at radius 3 is 1.92 bits per heavy atom. The molecular formula is C10H18S3. The van der Waals surface area contributed by atoms with Crippen LogP contribution in [0, 0.1) is 0 Å². The molecule has 3 heteroatoms. The summed E-state index contributed by atoms with van der Waals surface area (Å²) in [6.07, 6.45) is 7.40. The topological polar surface area (TPSA) is 0 Å². The first-order chi connectivity index (χ1) is 6.41. The van der Waals surface area contributed by atoms with Crippen molar-refractivity contribution in [2.45, 2.75) is 36.2 Å². The van der Waals surface area contributed by atoms with Gasteiger partial charge in [0, 0.05) is 23.0 Å². The van der Waals surface area contributed by atoms with Crippen LogP contribution >= 0.6 is 35.3 Å². The predicted octanol–water partition coefficient (Wildman–Crippen LogP) is 3.86. The van der Waals surface area contributed by atoms with Crippen molar-refractivity contribution in [2.75, 3.05) is 23.0 Å². The summed E-state index contributed by atoms with van der Waals surface area (Å²) in [4.78, 5) is 0. The molecule has 1 saturated carbocycles. The van der Waals surface area contributed by atoms with E-state index < -0.39 is 0 Å². The highest BCUT2D eigenvalue weighted by molar-refractivity contribution is 8.19. The lowest BCUT2D eigenvalue weighted by atomic mass is 10.00. The minimum absolute atomic E-state index is 0.652. The predicted molar refractivity (Wildman–Crippen MR) is 68.1 cm³/mol. The van der Waals surface area contributed by atoms with Gasteiger partial charge >= 0.3 is 0 Å². The largest absolute Gasteiger partial charge is 0.160 e. The van der Waals surface area contributed by atoms with E-state index in [4.69, 9.17) is 0 Å². The smallest absolute Gasteiger partial charge is 0.0611 e. The molecule has 0 aromatic carbocycles. The molecule has 1 aliphatic heterocycles. The monoisotopic (exact) mass is 234 g/mol. The summed E-state index contributed by atoms with van der Waals surface area (Å²) in [5, 5.41) is 0. The third-order valence-electron chi connectivity index (χ3n) is 2.80. The van der Waals surface area contributed by atoms with Gasteiger partial charge in [-0.05, 0) is 12.8 Å². The maximum Gasteiger partial charge on any atom is 0.0611 e. The van der Waals surface area contributed by atoms with Crippen molar-refractivity contribution in [3.05, 3.63) is 0 Å². The summed E-state index contributed by atoms with van der Waals surface area (Å²) < 4.78 is 0.652. The summed E-state index contributed by atoms with van der Waals surface area (Å²) in [6, 6.07) is 0. The average molecular weight is 234 g/mol. The fraction of sp³-hybridized carbons (Fsp3) is 1.00. The molecule has 2 rings (SSSR count). The van der Waals surface area contributed by atoms with Crippen LogP contribution in [-0.4, -0.2) is 27.1 Å². The summed E-state index contributed by atoms with van der Waals surface area (Å²) in [7, 11) is 0. The lowest BCUT2D eigenvalue weighted by Gasteiger charge is -2.37. The highest BCUT2D eigenvalue weighted by atomic mass is 32.2. The third kappa shape index (κ3) is 3.00. The Morgan fingerprint density at radius 1 is 0.692 bits per heavy atom. The number of hydrogen-bond acceptors (Lipinski definition) is 3. The zero-order valence-electron chi connectivity index (χ0n) is 8.09. The van der Waals surface area contributed by atoms with Crippen LogP contribution in [0.5, 0.6) is 0 Å². The van der Waals surface area contributed by atoms with E-state index in [2.05, 4.69) is 35.3 Å². The molecule has 1 heterocycles. The summed E-state index contributed by atoms with van der Waals surface area (Å²) >= 11 is 6.66. The molecule has 0 aromatic heterocycles. The fourth-order valence-electron chi connectivity index (χ4n) is 2.10. The Labute approximate surface area is 94.4 Å². The molecule has 0 amide bonds. The zero-order valence-corrected chi connectivity index (χ0v) is 10.5. The molecular weight excluding hydrogens is 216 g/mol. The van der Waals surface area contributed by atoms with Gasteiger partial charge in [-0.3, -0.25) is 0 Å². The molecule has 0 bridgehead atoms. The van der Waals surface area contributed by atoms with Gasteiger partial charge in [-0.15, -0.1) is 23.5 Å². The van der Waals surface area contributed by atoms with Gasteiger partial charge in [0.25, 0.3) is 0 Å². The Bertz CT molecular complexity index is 142. The van der Waals surface area contributed by atoms with Crippen LogP contribution in [0.4, 0.5) is 0 Å². The first kappa shape index (κ1) is 10.6. The zero-order chi connectivity index (χ0) is 8.99. The summed E-state index contributed by atoms with van der Waals surface area (Å²) in [5.41, 5.74) is 0. The maximum atomic E-state index is 2.26. The van der Waals surface area contributed by atoms with Gasteiger partial charge in [0.2, 0.25) is 0 Å². The normalized spacial score (nSPS) is 29.5. The van der Waals surface area contributed by atoms with E-state index in [-0.39, 0.29) is 0 Å². The molecule has 0 radical (unpaired) electrons. The van der Waals surface area contributed by atoms with E-state index in [1.807, 2.05) is 0 Å². The van der Waals surface area contributed by atoms with E-state index >= 15 is 0 Å². The van der Waals surface area contributed by atoms with E-state index in [0.29, 0.717) is 4.08 Å². The quantitative estimate of drug-likeness (QED) is 0.625. The van der Waals surface area contributed by atoms with Crippen molar-refractivity contribution in [3.63, 3.8) is 0 Å². The molecule has 0 nitrogen and oxygen atoms in total. The Morgan fingerprint density at radius 2 is 1.31 bits per heavy atom. The Balaban J connectivity index is 1.91. The van der Waals surface area contributed by atoms with Gasteiger partial charge in [-0.2, -0.15) is 11.8 Å². The molecule has 0 aromatic rings. The highest BCUT2D eigenvalue weighted by Crippen LogP contribution is 2.49.